The molecule has 1 aromatic heterocycles. The topological polar surface area (TPSA) is 60.5 Å². The predicted molar refractivity (Wildman–Crippen MR) is 134 cm³/mol. The molecular formula is C29H29N3O2. The van der Waals surface area contributed by atoms with E-state index >= 15 is 0 Å². The zero-order chi connectivity index (χ0) is 24.0. The molecule has 1 aliphatic rings. The van der Waals surface area contributed by atoms with Gasteiger partial charge in [-0.05, 0) is 69.4 Å². The summed E-state index contributed by atoms with van der Waals surface area (Å²) in [5.74, 6) is 0.800. The maximum Gasteiger partial charge on any atom is 0.240 e. The molecule has 2 heterocycles. The highest BCUT2D eigenvalue weighted by Crippen LogP contribution is 2.43. The largest absolute Gasteiger partial charge is 0.386 e. The van der Waals surface area contributed by atoms with Gasteiger partial charge in [-0.15, -0.1) is 0 Å². The summed E-state index contributed by atoms with van der Waals surface area (Å²) in [6.45, 7) is 12.6. The quantitative estimate of drug-likeness (QED) is 0.340. The number of aryl methyl sites for hydroxylation is 6. The van der Waals surface area contributed by atoms with E-state index in [1.807, 2.05) is 18.2 Å². The van der Waals surface area contributed by atoms with E-state index in [0.717, 1.165) is 44.7 Å². The summed E-state index contributed by atoms with van der Waals surface area (Å²) in [5, 5.41) is 8.99. The molecule has 0 spiro atoms. The minimum absolute atomic E-state index is 0.310. The summed E-state index contributed by atoms with van der Waals surface area (Å²) >= 11 is 0. The number of hydrogen-bond acceptors (Lipinski definition) is 5. The molecule has 34 heavy (non-hydrogen) atoms. The Labute approximate surface area is 200 Å². The van der Waals surface area contributed by atoms with Crippen LogP contribution in [0.2, 0.25) is 0 Å². The lowest BCUT2D eigenvalue weighted by Crippen LogP contribution is -2.19. The van der Waals surface area contributed by atoms with Gasteiger partial charge in [-0.3, -0.25) is 0 Å². The monoisotopic (exact) mass is 451 g/mol. The highest BCUT2D eigenvalue weighted by atomic mass is 16.6. The Morgan fingerprint density at radius 1 is 0.706 bits per heavy atom. The van der Waals surface area contributed by atoms with Crippen LogP contribution in [-0.4, -0.2) is 15.9 Å². The van der Waals surface area contributed by atoms with E-state index in [1.54, 1.807) is 0 Å². The third-order valence-electron chi connectivity index (χ3n) is 6.53. The molecule has 0 saturated heterocycles. The van der Waals surface area contributed by atoms with Crippen LogP contribution in [0, 0.1) is 41.5 Å². The number of oxime groups is 1. The molecule has 0 radical (unpaired) electrons. The highest BCUT2D eigenvalue weighted by molar-refractivity contribution is 6.07. The van der Waals surface area contributed by atoms with Crippen LogP contribution in [0.25, 0.3) is 11.4 Å². The van der Waals surface area contributed by atoms with Gasteiger partial charge in [0.15, 0.2) is 6.10 Å². The van der Waals surface area contributed by atoms with Crippen molar-refractivity contribution in [2.75, 3.05) is 0 Å². The van der Waals surface area contributed by atoms with Crippen molar-refractivity contribution in [1.29, 1.82) is 0 Å². The summed E-state index contributed by atoms with van der Waals surface area (Å²) < 4.78 is 5.93. The van der Waals surface area contributed by atoms with Gasteiger partial charge in [0, 0.05) is 11.1 Å². The Morgan fingerprint density at radius 2 is 1.26 bits per heavy atom. The van der Waals surface area contributed by atoms with Crippen molar-refractivity contribution in [3.63, 3.8) is 0 Å². The summed E-state index contributed by atoms with van der Waals surface area (Å²) in [6, 6.07) is 18.8. The van der Waals surface area contributed by atoms with E-state index < -0.39 is 0 Å². The first kappa shape index (κ1) is 22.1. The lowest BCUT2D eigenvalue weighted by molar-refractivity contribution is 0.0705. The molecule has 0 unspecified atom stereocenters. The van der Waals surface area contributed by atoms with Gasteiger partial charge >= 0.3 is 0 Å². The van der Waals surface area contributed by atoms with Crippen LogP contribution in [0.4, 0.5) is 0 Å². The van der Waals surface area contributed by atoms with Gasteiger partial charge < -0.3 is 9.36 Å². The Balaban J connectivity index is 1.64. The van der Waals surface area contributed by atoms with Gasteiger partial charge in [0.1, 0.15) is 11.6 Å². The molecule has 2 atom stereocenters. The molecule has 5 heteroatoms. The van der Waals surface area contributed by atoms with Gasteiger partial charge in [-0.2, -0.15) is 4.98 Å². The van der Waals surface area contributed by atoms with Crippen molar-refractivity contribution >= 4 is 5.71 Å². The number of rotatable bonds is 4. The third kappa shape index (κ3) is 3.81. The maximum atomic E-state index is 6.05. The van der Waals surface area contributed by atoms with Crippen LogP contribution < -0.4 is 0 Å². The number of aromatic nitrogens is 2. The zero-order valence-corrected chi connectivity index (χ0v) is 20.5. The summed E-state index contributed by atoms with van der Waals surface area (Å²) in [7, 11) is 0. The lowest BCUT2D eigenvalue weighted by Gasteiger charge is -2.18. The van der Waals surface area contributed by atoms with Crippen LogP contribution in [0.1, 0.15) is 62.4 Å². The van der Waals surface area contributed by atoms with Crippen LogP contribution in [0.3, 0.4) is 0 Å². The second kappa shape index (κ2) is 8.56. The number of nitrogens with zero attached hydrogens (tertiary/aromatic N) is 3. The molecule has 0 bridgehead atoms. The zero-order valence-electron chi connectivity index (χ0n) is 20.5. The van der Waals surface area contributed by atoms with Crippen molar-refractivity contribution in [2.24, 2.45) is 5.16 Å². The van der Waals surface area contributed by atoms with Crippen LogP contribution in [0.5, 0.6) is 0 Å². The van der Waals surface area contributed by atoms with Crippen LogP contribution in [0.15, 0.2) is 64.3 Å². The van der Waals surface area contributed by atoms with E-state index in [9.17, 15) is 0 Å². The number of benzene rings is 3. The molecule has 1 aliphatic heterocycles. The molecule has 0 aliphatic carbocycles. The minimum Gasteiger partial charge on any atom is -0.386 e. The predicted octanol–water partition coefficient (Wildman–Crippen LogP) is 6.85. The fraction of sp³-hybridized carbons (Fsp3) is 0.276. The second-order valence-corrected chi connectivity index (χ2v) is 9.39. The molecule has 3 aromatic carbocycles. The van der Waals surface area contributed by atoms with Gasteiger partial charge in [0.2, 0.25) is 11.7 Å². The normalized spacial score (nSPS) is 17.5. The molecule has 172 valence electrons. The smallest absolute Gasteiger partial charge is 0.240 e. The lowest BCUT2D eigenvalue weighted by atomic mass is 9.84. The van der Waals surface area contributed by atoms with Crippen molar-refractivity contribution in [3.8, 4) is 11.4 Å². The van der Waals surface area contributed by atoms with E-state index in [-0.39, 0.29) is 12.0 Å². The first-order valence-electron chi connectivity index (χ1n) is 11.6. The van der Waals surface area contributed by atoms with Crippen LogP contribution >= 0.6 is 0 Å². The average Bonchev–Trinajstić information content (AvgIpc) is 3.40. The van der Waals surface area contributed by atoms with E-state index in [0.29, 0.717) is 11.7 Å². The first-order chi connectivity index (χ1) is 16.3. The van der Waals surface area contributed by atoms with E-state index in [4.69, 9.17) is 14.3 Å². The van der Waals surface area contributed by atoms with Crippen LogP contribution in [-0.2, 0) is 4.84 Å². The van der Waals surface area contributed by atoms with Gasteiger partial charge in [0.05, 0.1) is 0 Å². The summed E-state index contributed by atoms with van der Waals surface area (Å²) in [4.78, 5) is 11.0. The Morgan fingerprint density at radius 3 is 1.85 bits per heavy atom. The summed E-state index contributed by atoms with van der Waals surface area (Å²) in [5.41, 5.74) is 11.0. The molecule has 0 saturated carbocycles. The SMILES string of the molecule is Cc1cc(C)c(C2=NO[C@@H](c3ccccc3)[C@@H]2c2nc(-c3c(C)cc(C)cc3C)no2)c(C)c1. The highest BCUT2D eigenvalue weighted by Gasteiger charge is 2.42. The Kier molecular flexibility index (Phi) is 5.56. The molecule has 0 fully saturated rings. The summed E-state index contributed by atoms with van der Waals surface area (Å²) in [6.07, 6.45) is -0.343. The molecule has 0 N–H and O–H groups in total. The number of hydrogen-bond donors (Lipinski definition) is 0. The van der Waals surface area contributed by atoms with E-state index in [1.165, 1.54) is 11.1 Å². The first-order valence-corrected chi connectivity index (χ1v) is 11.6. The minimum atomic E-state index is -0.343. The Bertz CT molecular complexity index is 1360. The van der Waals surface area contributed by atoms with Gasteiger partial charge in [-0.25, -0.2) is 0 Å². The van der Waals surface area contributed by atoms with Crippen molar-refractivity contribution < 1.29 is 9.36 Å². The molecular weight excluding hydrogens is 422 g/mol. The maximum absolute atomic E-state index is 6.05. The molecule has 0 amide bonds. The third-order valence-corrected chi connectivity index (χ3v) is 6.53. The van der Waals surface area contributed by atoms with Gasteiger partial charge in [-0.1, -0.05) is 76.0 Å². The fourth-order valence-corrected chi connectivity index (χ4v) is 5.30. The fourth-order valence-electron chi connectivity index (χ4n) is 5.30. The average molecular weight is 452 g/mol. The van der Waals surface area contributed by atoms with Gasteiger partial charge in [0.25, 0.3) is 0 Å². The molecule has 5 rings (SSSR count). The van der Waals surface area contributed by atoms with Crippen molar-refractivity contribution in [3.05, 3.63) is 105 Å². The standard InChI is InChI=1S/C29H29N3O2/c1-16-12-18(3)23(19(4)13-16)26-25(27(33-31-26)22-10-8-7-9-11-22)29-30-28(32-34-29)24-20(5)14-17(2)15-21(24)6/h7-15,25,27H,1-6H3/t25-,27+/m1/s1. The van der Waals surface area contributed by atoms with Crippen molar-refractivity contribution in [2.45, 2.75) is 53.6 Å². The Hall–Kier alpha value is -3.73. The second-order valence-electron chi connectivity index (χ2n) is 9.39. The van der Waals surface area contributed by atoms with Crippen molar-refractivity contribution in [1.82, 2.24) is 10.1 Å². The molecule has 4 aromatic rings. The molecule has 5 nitrogen and oxygen atoms in total. The van der Waals surface area contributed by atoms with E-state index in [2.05, 4.69) is 88.3 Å².